The number of hydrogen-bond acceptors (Lipinski definition) is 15. The second-order valence-electron chi connectivity index (χ2n) is 33.5. The van der Waals surface area contributed by atoms with Crippen LogP contribution in [0.2, 0.25) is 0 Å². The first-order chi connectivity index (χ1) is 63.6. The van der Waals surface area contributed by atoms with Gasteiger partial charge in [0.25, 0.3) is 0 Å². The number of esters is 6. The number of rotatable bonds is 27. The summed E-state index contributed by atoms with van der Waals surface area (Å²) in [5.74, 6) is 3.95. The monoisotopic (exact) mass is 2830 g/mol. The standard InChI is InChI=1S/C38H34I3O5S.C34H30I3O5S.C33H28I3O5S/c1-38(25-18-23-17-24(20-25)21-26(38)19-23)46-34(42)22-44-27-7-11-30(12-8-27)47(29-5-3-2-4-6-29)31-13-9-28(10-14-31)45-37(43)35-32(39)15-16-33(40)36(35)41;1-34(20-6-3-7-21-34)42-30(38)22-40-23-10-14-26(15-11-23)43(25-8-4-2-5-9-25)27-16-12-24(13-17-27)41-33(39)31-28(35)18-19-29(36)32(31)37;1-33(19-5-6-20-33)41-29(37)21-39-22-9-13-25(14-10-22)42(24-7-3-2-4-8-24)26-15-11-23(12-16-26)40-32(38)30-27(34)17-18-28(35)31(30)36/h2-16,23-26H,17-22H2,1H3;2,4-5,8-19H,3,6-7,20-22H2,1H3;2-4,7-18H,5-6,19-21H2,1H3/q3*+1. The largest absolute Gasteiger partial charge is 0.482 e. The molecule has 27 heteroatoms. The normalized spacial score (nSPS) is 18.4. The van der Waals surface area contributed by atoms with Gasteiger partial charge in [-0.3, -0.25) is 0 Å². The van der Waals surface area contributed by atoms with E-state index in [0.717, 1.165) is 134 Å². The Bertz CT molecular complexity index is 6050. The maximum absolute atomic E-state index is 13.1. The molecular formula is C105H92I9O15S3+3. The first-order valence-electron chi connectivity index (χ1n) is 43.2. The van der Waals surface area contributed by atoms with Gasteiger partial charge in [-0.2, -0.15) is 0 Å². The number of ether oxygens (including phenoxy) is 9. The fraction of sp³-hybridized carbons (Fsp3) is 0.257. The average Bonchev–Trinajstić information content (AvgIpc) is 0.784. The lowest BCUT2D eigenvalue weighted by atomic mass is 9.50. The van der Waals surface area contributed by atoms with Crippen LogP contribution in [0.5, 0.6) is 34.5 Å². The minimum atomic E-state index is -0.407. The van der Waals surface area contributed by atoms with Crippen molar-refractivity contribution in [2.24, 2.45) is 23.7 Å². The molecule has 0 saturated heterocycles. The van der Waals surface area contributed by atoms with Crippen LogP contribution in [-0.2, 0) is 61.3 Å². The topological polar surface area (TPSA) is 185 Å². The SMILES string of the molecule is CC1(OC(=O)COc2ccc([S+](c3ccccc3)c3ccc(OC(=O)c4c(I)ccc(I)c4I)cc3)cc2)C2CC3CC(C2)CC1C3.CC1(OC(=O)COc2ccc([S+](c3ccccc3)c3ccc(OC(=O)c4c(I)ccc(I)c4I)cc3)cc2)CCCC1.CC1(OC(=O)COc2ccc([S+](c3ccccc3)c3ccc(OC(=O)c4c(I)ccc(I)c4I)cc3)cc2)CCCCC1. The zero-order valence-corrected chi connectivity index (χ0v) is 93.9. The summed E-state index contributed by atoms with van der Waals surface area (Å²) in [5.41, 5.74) is 0.661. The van der Waals surface area contributed by atoms with Gasteiger partial charge in [0.1, 0.15) is 51.3 Å². The van der Waals surface area contributed by atoms with E-state index in [9.17, 15) is 28.8 Å². The Kier molecular flexibility index (Phi) is 35.9. The van der Waals surface area contributed by atoms with Crippen molar-refractivity contribution in [2.75, 3.05) is 19.8 Å². The van der Waals surface area contributed by atoms with Crippen LogP contribution in [0.1, 0.15) is 142 Å². The number of carbonyl (C=O) groups excluding carboxylic acids is 6. The van der Waals surface area contributed by atoms with E-state index in [0.29, 0.717) is 63.0 Å². The van der Waals surface area contributed by atoms with Gasteiger partial charge in [-0.05, 0) is 550 Å². The van der Waals surface area contributed by atoms with E-state index in [1.165, 1.54) is 43.4 Å². The Labute approximate surface area is 902 Å². The fourth-order valence-electron chi connectivity index (χ4n) is 17.7. The predicted molar refractivity (Wildman–Crippen MR) is 592 cm³/mol. The van der Waals surface area contributed by atoms with E-state index in [-0.39, 0.29) is 72.4 Å². The van der Waals surface area contributed by atoms with Crippen molar-refractivity contribution in [3.63, 3.8) is 0 Å². The fourth-order valence-corrected chi connectivity index (χ4v) is 30.8. The average molecular weight is 2830 g/mol. The molecule has 0 radical (unpaired) electrons. The summed E-state index contributed by atoms with van der Waals surface area (Å²) >= 11 is 19.8. The molecule has 18 rings (SSSR count). The summed E-state index contributed by atoms with van der Waals surface area (Å²) in [6.07, 6.45) is 15.4. The third-order valence-corrected chi connectivity index (χ3v) is 42.7. The van der Waals surface area contributed by atoms with E-state index in [2.05, 4.69) is 259 Å². The molecule has 15 nitrogen and oxygen atoms in total. The van der Waals surface area contributed by atoms with Gasteiger partial charge >= 0.3 is 35.8 Å². The molecule has 6 fully saturated rings. The molecule has 0 N–H and O–H groups in total. The van der Waals surface area contributed by atoms with Gasteiger partial charge in [-0.25, -0.2) is 28.8 Å². The van der Waals surface area contributed by atoms with E-state index >= 15 is 0 Å². The maximum atomic E-state index is 13.1. The van der Waals surface area contributed by atoms with Crippen molar-refractivity contribution in [1.82, 2.24) is 0 Å². The Hall–Kier alpha value is -5.52. The van der Waals surface area contributed by atoms with Gasteiger partial charge in [0.05, 0.1) is 49.4 Å². The smallest absolute Gasteiger partial charge is 0.345 e. The van der Waals surface area contributed by atoms with Gasteiger partial charge in [-0.1, -0.05) is 61.0 Å². The van der Waals surface area contributed by atoms with Crippen LogP contribution >= 0.6 is 203 Å². The number of hydrogen-bond donors (Lipinski definition) is 0. The lowest BCUT2D eigenvalue weighted by molar-refractivity contribution is -0.204. The molecule has 6 aliphatic rings. The molecule has 6 aliphatic carbocycles. The summed E-state index contributed by atoms with van der Waals surface area (Å²) < 4.78 is 60.8. The second-order valence-corrected chi connectivity index (χ2v) is 49.7. The molecule has 3 unspecified atom stereocenters. The summed E-state index contributed by atoms with van der Waals surface area (Å²) in [4.78, 5) is 87.1. The molecule has 3 atom stereocenters. The summed E-state index contributed by atoms with van der Waals surface area (Å²) in [6.45, 7) is 5.87. The van der Waals surface area contributed by atoms with Crippen LogP contribution in [0, 0.1) is 55.8 Å². The van der Waals surface area contributed by atoms with Gasteiger partial charge in [0.15, 0.2) is 63.9 Å². The molecule has 0 aromatic heterocycles. The minimum Gasteiger partial charge on any atom is -0.482 e. The lowest BCUT2D eigenvalue weighted by Gasteiger charge is -2.59. The van der Waals surface area contributed by atoms with Crippen LogP contribution in [0.25, 0.3) is 0 Å². The third kappa shape index (κ3) is 25.9. The highest BCUT2D eigenvalue weighted by Crippen LogP contribution is 2.60. The van der Waals surface area contributed by atoms with Gasteiger partial charge in [0.2, 0.25) is 0 Å². The first kappa shape index (κ1) is 101. The minimum absolute atomic E-state index is 0.0912. The molecule has 132 heavy (non-hydrogen) atoms. The number of benzene rings is 12. The summed E-state index contributed by atoms with van der Waals surface area (Å²) in [5, 5.41) is 0. The highest BCUT2D eigenvalue weighted by atomic mass is 127. The van der Waals surface area contributed by atoms with E-state index in [1.54, 1.807) is 0 Å². The number of halogens is 9. The molecule has 12 aromatic carbocycles. The highest BCUT2D eigenvalue weighted by molar-refractivity contribution is 14.1. The maximum Gasteiger partial charge on any atom is 0.345 e. The van der Waals surface area contributed by atoms with Crippen LogP contribution in [0.15, 0.2) is 317 Å². The van der Waals surface area contributed by atoms with Crippen molar-refractivity contribution >= 4 is 272 Å². The summed E-state index contributed by atoms with van der Waals surface area (Å²) in [7, 11) is -1.21. The molecule has 12 aromatic rings. The number of carbonyl (C=O) groups is 6. The molecular weight excluding hydrogens is 2740 g/mol. The van der Waals surface area contributed by atoms with E-state index in [4.69, 9.17) is 42.6 Å². The lowest BCUT2D eigenvalue weighted by Crippen LogP contribution is -2.58. The Balaban J connectivity index is 0.000000152. The second kappa shape index (κ2) is 47.0. The third-order valence-electron chi connectivity index (χ3n) is 24.1. The van der Waals surface area contributed by atoms with E-state index in [1.807, 2.05) is 238 Å². The molecule has 680 valence electrons. The first-order valence-corrected chi connectivity index (χ1v) is 56.6. The van der Waals surface area contributed by atoms with Gasteiger partial charge < -0.3 is 42.6 Å². The quantitative estimate of drug-likeness (QED) is 0.0118. The van der Waals surface area contributed by atoms with Crippen LogP contribution < -0.4 is 28.4 Å². The van der Waals surface area contributed by atoms with Crippen LogP contribution in [0.3, 0.4) is 0 Å². The zero-order chi connectivity index (χ0) is 92.8. The Morgan fingerprint density at radius 1 is 0.273 bits per heavy atom. The molecule has 0 heterocycles. The van der Waals surface area contributed by atoms with Crippen molar-refractivity contribution in [2.45, 2.75) is 172 Å². The van der Waals surface area contributed by atoms with Gasteiger partial charge in [0, 0.05) is 32.1 Å². The van der Waals surface area contributed by atoms with Crippen LogP contribution in [0.4, 0.5) is 0 Å². The molecule has 0 aliphatic heterocycles. The summed E-state index contributed by atoms with van der Waals surface area (Å²) in [6, 6.07) is 89.6. The van der Waals surface area contributed by atoms with Crippen molar-refractivity contribution in [1.29, 1.82) is 0 Å². The van der Waals surface area contributed by atoms with Crippen molar-refractivity contribution in [3.05, 3.63) is 322 Å². The van der Waals surface area contributed by atoms with Crippen molar-refractivity contribution < 1.29 is 71.4 Å². The Morgan fingerprint density at radius 2 is 0.500 bits per heavy atom. The van der Waals surface area contributed by atoms with E-state index < -0.39 is 32.7 Å². The van der Waals surface area contributed by atoms with Gasteiger partial charge in [-0.15, -0.1) is 0 Å². The van der Waals surface area contributed by atoms with Crippen LogP contribution in [-0.4, -0.2) is 72.4 Å². The zero-order valence-electron chi connectivity index (χ0n) is 72.1. The molecule has 0 amide bonds. The highest BCUT2D eigenvalue weighted by Gasteiger charge is 2.57. The molecule has 6 saturated carbocycles. The molecule has 4 bridgehead atoms. The predicted octanol–water partition coefficient (Wildman–Crippen LogP) is 28.5. The Morgan fingerprint density at radius 3 is 0.765 bits per heavy atom. The molecule has 0 spiro atoms. The van der Waals surface area contributed by atoms with Crippen molar-refractivity contribution in [3.8, 4) is 34.5 Å².